The lowest BCUT2D eigenvalue weighted by Crippen LogP contribution is -2.38. The topological polar surface area (TPSA) is 145 Å². The molecule has 0 saturated carbocycles. The van der Waals surface area contributed by atoms with Gasteiger partial charge in [-0.25, -0.2) is 9.59 Å². The molecule has 3 rings (SSSR count). The Kier molecular flexibility index (Phi) is 3.02. The van der Waals surface area contributed by atoms with Crippen molar-refractivity contribution in [1.29, 1.82) is 0 Å². The number of fused-ring (bicyclic) bond motifs is 4. The van der Waals surface area contributed by atoms with E-state index in [0.717, 1.165) is 4.90 Å². The van der Waals surface area contributed by atoms with Crippen molar-refractivity contribution in [2.24, 2.45) is 0 Å². The van der Waals surface area contributed by atoms with Gasteiger partial charge in [0.05, 0.1) is 6.54 Å². The lowest BCUT2D eigenvalue weighted by Gasteiger charge is -2.30. The van der Waals surface area contributed by atoms with Gasteiger partial charge in [-0.15, -0.1) is 4.28 Å². The fourth-order valence-electron chi connectivity index (χ4n) is 2.81. The van der Waals surface area contributed by atoms with Crippen molar-refractivity contribution in [3.05, 3.63) is 29.3 Å². The van der Waals surface area contributed by atoms with Crippen LogP contribution < -0.4 is 0 Å². The van der Waals surface area contributed by atoms with Crippen LogP contribution in [0.15, 0.2) is 18.2 Å². The summed E-state index contributed by atoms with van der Waals surface area (Å²) in [5.74, 6) is -1.64. The number of benzene rings is 1. The van der Waals surface area contributed by atoms with Crippen LogP contribution in [-0.4, -0.2) is 51.7 Å². The molecule has 0 aliphatic carbocycles. The maximum Gasteiger partial charge on any atom is 0.418 e. The highest BCUT2D eigenvalue weighted by Crippen LogP contribution is 2.47. The molecule has 1 saturated heterocycles. The largest absolute Gasteiger partial charge is 0.508 e. The van der Waals surface area contributed by atoms with Crippen molar-refractivity contribution < 1.29 is 37.1 Å². The van der Waals surface area contributed by atoms with Gasteiger partial charge >= 0.3 is 22.4 Å². The molecule has 2 amide bonds. The molecule has 1 aromatic carbocycles. The summed E-state index contributed by atoms with van der Waals surface area (Å²) in [6, 6.07) is 0.626. The number of hydrogen-bond acceptors (Lipinski definition) is 6. The summed E-state index contributed by atoms with van der Waals surface area (Å²) < 4.78 is 34.7. The van der Waals surface area contributed by atoms with Gasteiger partial charge in [-0.2, -0.15) is 13.5 Å². The van der Waals surface area contributed by atoms with E-state index in [9.17, 15) is 28.2 Å². The number of phenolic OH excluding ortho intramolecular Hbond substituents is 1. The second-order valence-corrected chi connectivity index (χ2v) is 5.80. The average Bonchev–Trinajstić information content (AvgIpc) is 2.63. The summed E-state index contributed by atoms with van der Waals surface area (Å²) >= 11 is 0. The Hall–Kier alpha value is -2.37. The molecular formula is C11H10N2O8S. The molecule has 0 aromatic heterocycles. The molecule has 0 spiro atoms. The number of carboxylic acid groups (broad SMARTS) is 1. The van der Waals surface area contributed by atoms with Crippen molar-refractivity contribution >= 4 is 22.4 Å². The standard InChI is InChI=1S/C11H10N2O8S/c14-7-3-1-2-5-8(7)6-4-12(9(5)10(15)16)11(17)13(6)21-22(18,19)20/h1-3,6,9,14H,4H2,(H,15,16)(H,18,19,20)/t6-,9-/m1/s1. The molecule has 1 aromatic rings. The Morgan fingerprint density at radius 2 is 2.05 bits per heavy atom. The van der Waals surface area contributed by atoms with Gasteiger partial charge in [-0.3, -0.25) is 4.55 Å². The van der Waals surface area contributed by atoms with Crippen molar-refractivity contribution in [3.63, 3.8) is 0 Å². The molecule has 0 unspecified atom stereocenters. The van der Waals surface area contributed by atoms with E-state index in [1.54, 1.807) is 0 Å². The van der Waals surface area contributed by atoms with Gasteiger partial charge in [0.1, 0.15) is 11.8 Å². The first-order valence-corrected chi connectivity index (χ1v) is 7.38. The van der Waals surface area contributed by atoms with E-state index in [2.05, 4.69) is 4.28 Å². The molecule has 22 heavy (non-hydrogen) atoms. The first kappa shape index (κ1) is 14.6. The number of hydroxylamine groups is 2. The highest BCUT2D eigenvalue weighted by atomic mass is 32.3. The number of aromatic hydroxyl groups is 1. The first-order valence-electron chi connectivity index (χ1n) is 6.02. The number of urea groups is 1. The molecule has 0 radical (unpaired) electrons. The van der Waals surface area contributed by atoms with Crippen LogP contribution in [0.1, 0.15) is 23.2 Å². The number of hydrogen-bond donors (Lipinski definition) is 3. The monoisotopic (exact) mass is 330 g/mol. The number of phenols is 1. The zero-order valence-electron chi connectivity index (χ0n) is 10.8. The summed E-state index contributed by atoms with van der Waals surface area (Å²) in [5, 5.41) is 19.6. The number of carbonyl (C=O) groups excluding carboxylic acids is 1. The lowest BCUT2D eigenvalue weighted by molar-refractivity contribution is -0.142. The van der Waals surface area contributed by atoms with Crippen LogP contribution in [0.2, 0.25) is 0 Å². The van der Waals surface area contributed by atoms with Gasteiger partial charge in [0, 0.05) is 5.56 Å². The average molecular weight is 330 g/mol. The van der Waals surface area contributed by atoms with Crippen molar-refractivity contribution in [3.8, 4) is 5.75 Å². The van der Waals surface area contributed by atoms with Crippen LogP contribution in [-0.2, 0) is 19.5 Å². The Morgan fingerprint density at radius 3 is 2.64 bits per heavy atom. The minimum Gasteiger partial charge on any atom is -0.508 e. The third kappa shape index (κ3) is 2.06. The molecule has 2 bridgehead atoms. The summed E-state index contributed by atoms with van der Waals surface area (Å²) in [6.45, 7) is -0.199. The van der Waals surface area contributed by atoms with E-state index in [1.165, 1.54) is 18.2 Å². The summed E-state index contributed by atoms with van der Waals surface area (Å²) in [6.07, 6.45) is 0. The normalized spacial score (nSPS) is 23.6. The molecule has 2 heterocycles. The Labute approximate surface area is 124 Å². The predicted octanol–water partition coefficient (Wildman–Crippen LogP) is 0.0446. The van der Waals surface area contributed by atoms with Crippen molar-refractivity contribution in [2.45, 2.75) is 12.1 Å². The van der Waals surface area contributed by atoms with Crippen LogP contribution in [0.4, 0.5) is 4.79 Å². The smallest absolute Gasteiger partial charge is 0.418 e. The van der Waals surface area contributed by atoms with Gasteiger partial charge in [0.15, 0.2) is 6.04 Å². The van der Waals surface area contributed by atoms with E-state index in [4.69, 9.17) is 4.55 Å². The number of aliphatic carboxylic acids is 1. The fourth-order valence-corrected chi connectivity index (χ4v) is 3.18. The van der Waals surface area contributed by atoms with Gasteiger partial charge < -0.3 is 15.1 Å². The molecule has 2 aliphatic rings. The maximum absolute atomic E-state index is 12.2. The van der Waals surface area contributed by atoms with E-state index in [1.807, 2.05) is 0 Å². The Bertz CT molecular complexity index is 776. The molecule has 3 N–H and O–H groups in total. The van der Waals surface area contributed by atoms with Crippen LogP contribution in [0.3, 0.4) is 0 Å². The van der Waals surface area contributed by atoms with E-state index in [-0.39, 0.29) is 23.4 Å². The van der Waals surface area contributed by atoms with Crippen LogP contribution in [0.25, 0.3) is 0 Å². The number of carbonyl (C=O) groups is 2. The Balaban J connectivity index is 2.17. The van der Waals surface area contributed by atoms with E-state index < -0.39 is 34.5 Å². The summed E-state index contributed by atoms with van der Waals surface area (Å²) in [5.41, 5.74) is 0.221. The molecule has 2 aliphatic heterocycles. The zero-order valence-corrected chi connectivity index (χ0v) is 11.6. The van der Waals surface area contributed by atoms with Gasteiger partial charge in [0.25, 0.3) is 0 Å². The number of amides is 2. The fraction of sp³-hybridized carbons (Fsp3) is 0.273. The first-order chi connectivity index (χ1) is 10.2. The number of rotatable bonds is 3. The second kappa shape index (κ2) is 4.56. The predicted molar refractivity (Wildman–Crippen MR) is 67.8 cm³/mol. The van der Waals surface area contributed by atoms with Crippen LogP contribution in [0.5, 0.6) is 5.75 Å². The molecule has 11 heteroatoms. The quantitative estimate of drug-likeness (QED) is 0.659. The number of carboxylic acids is 1. The van der Waals surface area contributed by atoms with E-state index in [0.29, 0.717) is 5.06 Å². The molecule has 118 valence electrons. The van der Waals surface area contributed by atoms with Crippen molar-refractivity contribution in [1.82, 2.24) is 9.96 Å². The highest BCUT2D eigenvalue weighted by Gasteiger charge is 2.53. The summed E-state index contributed by atoms with van der Waals surface area (Å²) in [7, 11) is -4.98. The van der Waals surface area contributed by atoms with Gasteiger partial charge in [0.2, 0.25) is 0 Å². The lowest BCUT2D eigenvalue weighted by atomic mass is 9.90. The van der Waals surface area contributed by atoms with Gasteiger partial charge in [-0.05, 0) is 11.6 Å². The minimum absolute atomic E-state index is 0.0700. The van der Waals surface area contributed by atoms with E-state index >= 15 is 0 Å². The highest BCUT2D eigenvalue weighted by molar-refractivity contribution is 7.80. The molecule has 10 nitrogen and oxygen atoms in total. The van der Waals surface area contributed by atoms with Gasteiger partial charge in [-0.1, -0.05) is 12.1 Å². The zero-order chi connectivity index (χ0) is 16.2. The van der Waals surface area contributed by atoms with Crippen LogP contribution in [0, 0.1) is 0 Å². The van der Waals surface area contributed by atoms with Crippen LogP contribution >= 0.6 is 0 Å². The molecule has 2 atom stereocenters. The Morgan fingerprint density at radius 1 is 1.36 bits per heavy atom. The van der Waals surface area contributed by atoms with Crippen molar-refractivity contribution in [2.75, 3.05) is 6.54 Å². The SMILES string of the molecule is O=C(O)[C@H]1c2cccc(O)c2[C@H]2CN1C(=O)N2OS(=O)(=O)O. The third-order valence-corrected chi connectivity index (χ3v) is 3.90. The second-order valence-electron chi connectivity index (χ2n) is 4.80. The number of nitrogens with zero attached hydrogens (tertiary/aromatic N) is 2. The third-order valence-electron chi connectivity index (χ3n) is 3.55. The summed E-state index contributed by atoms with van der Waals surface area (Å²) in [4.78, 5) is 24.5. The molecule has 1 fully saturated rings. The minimum atomic E-state index is -4.98. The molecular weight excluding hydrogens is 320 g/mol. The maximum atomic E-state index is 12.2.